The summed E-state index contributed by atoms with van der Waals surface area (Å²) in [6.45, 7) is 6.97. The molecular weight excluding hydrogens is 344 g/mol. The van der Waals surface area contributed by atoms with Gasteiger partial charge >= 0.3 is 0 Å². The molecule has 0 radical (unpaired) electrons. The van der Waals surface area contributed by atoms with Crippen LogP contribution in [0.15, 0.2) is 29.3 Å². The minimum absolute atomic E-state index is 0.140. The molecule has 0 spiro atoms. The van der Waals surface area contributed by atoms with Gasteiger partial charge in [-0.15, -0.1) is 0 Å². The van der Waals surface area contributed by atoms with Crippen LogP contribution in [0.4, 0.5) is 0 Å². The molecule has 7 heteroatoms. The summed E-state index contributed by atoms with van der Waals surface area (Å²) < 4.78 is 11.3. The number of benzene rings is 1. The van der Waals surface area contributed by atoms with Gasteiger partial charge in [-0.1, -0.05) is 12.1 Å². The molecule has 27 heavy (non-hydrogen) atoms. The highest BCUT2D eigenvalue weighted by atomic mass is 16.5. The number of guanidine groups is 1. The Labute approximate surface area is 161 Å². The van der Waals surface area contributed by atoms with Gasteiger partial charge in [0.05, 0.1) is 6.54 Å². The molecule has 148 valence electrons. The molecule has 1 atom stereocenters. The molecular formula is C20H30N4O3. The molecule has 1 unspecified atom stereocenters. The third-order valence-corrected chi connectivity index (χ3v) is 4.95. The van der Waals surface area contributed by atoms with Crippen LogP contribution in [0, 0.1) is 6.92 Å². The highest BCUT2D eigenvalue weighted by Crippen LogP contribution is 2.16. The number of hydrogen-bond acceptors (Lipinski definition) is 4. The molecule has 2 saturated heterocycles. The monoisotopic (exact) mass is 374 g/mol. The summed E-state index contributed by atoms with van der Waals surface area (Å²) in [5.74, 6) is 1.88. The minimum Gasteiger partial charge on any atom is -0.492 e. The first kappa shape index (κ1) is 19.5. The van der Waals surface area contributed by atoms with Crippen LogP contribution in [0.2, 0.25) is 0 Å². The van der Waals surface area contributed by atoms with Crippen LogP contribution in [0.25, 0.3) is 0 Å². The maximum Gasteiger partial charge on any atom is 0.251 e. The van der Waals surface area contributed by atoms with Crippen molar-refractivity contribution in [3.05, 3.63) is 29.8 Å². The molecule has 7 nitrogen and oxygen atoms in total. The van der Waals surface area contributed by atoms with Crippen molar-refractivity contribution in [1.29, 1.82) is 0 Å². The van der Waals surface area contributed by atoms with E-state index in [1.165, 1.54) is 5.56 Å². The number of amides is 1. The molecule has 2 aliphatic rings. The van der Waals surface area contributed by atoms with Crippen LogP contribution in [0.3, 0.4) is 0 Å². The van der Waals surface area contributed by atoms with Gasteiger partial charge in [-0.25, -0.2) is 0 Å². The Kier molecular flexibility index (Phi) is 6.92. The van der Waals surface area contributed by atoms with Gasteiger partial charge in [-0.2, -0.15) is 0 Å². The second-order valence-electron chi connectivity index (χ2n) is 6.95. The predicted molar refractivity (Wildman–Crippen MR) is 105 cm³/mol. The zero-order valence-corrected chi connectivity index (χ0v) is 16.3. The van der Waals surface area contributed by atoms with E-state index >= 15 is 0 Å². The van der Waals surface area contributed by atoms with Crippen molar-refractivity contribution >= 4 is 11.9 Å². The molecule has 3 rings (SSSR count). The summed E-state index contributed by atoms with van der Waals surface area (Å²) in [5, 5.41) is 3.35. The SMILES string of the molecule is CN=C(NCCOc1cccc(C)c1)N1CCN(C(=O)C2CCCO2)CC1. The van der Waals surface area contributed by atoms with E-state index in [1.54, 1.807) is 7.05 Å². The summed E-state index contributed by atoms with van der Waals surface area (Å²) in [6.07, 6.45) is 1.61. The number of ether oxygens (including phenoxy) is 2. The number of nitrogens with one attached hydrogen (secondary N) is 1. The Hall–Kier alpha value is -2.28. The van der Waals surface area contributed by atoms with Gasteiger partial charge in [0, 0.05) is 39.8 Å². The van der Waals surface area contributed by atoms with Crippen molar-refractivity contribution in [1.82, 2.24) is 15.1 Å². The number of carbonyl (C=O) groups excluding carboxylic acids is 1. The number of nitrogens with zero attached hydrogens (tertiary/aromatic N) is 3. The van der Waals surface area contributed by atoms with Gasteiger partial charge in [0.2, 0.25) is 0 Å². The molecule has 0 aliphatic carbocycles. The maximum absolute atomic E-state index is 12.4. The lowest BCUT2D eigenvalue weighted by molar-refractivity contribution is -0.142. The minimum atomic E-state index is -0.229. The fourth-order valence-electron chi connectivity index (χ4n) is 3.48. The van der Waals surface area contributed by atoms with Gasteiger partial charge in [0.25, 0.3) is 5.91 Å². The third-order valence-electron chi connectivity index (χ3n) is 4.95. The van der Waals surface area contributed by atoms with E-state index in [4.69, 9.17) is 9.47 Å². The Morgan fingerprint density at radius 1 is 1.30 bits per heavy atom. The lowest BCUT2D eigenvalue weighted by Gasteiger charge is -2.37. The fourth-order valence-corrected chi connectivity index (χ4v) is 3.48. The smallest absolute Gasteiger partial charge is 0.251 e. The van der Waals surface area contributed by atoms with Crippen molar-refractivity contribution < 1.29 is 14.3 Å². The van der Waals surface area contributed by atoms with Crippen molar-refractivity contribution in [2.75, 3.05) is 53.0 Å². The number of carbonyl (C=O) groups is 1. The lowest BCUT2D eigenvalue weighted by atomic mass is 10.2. The first-order valence-corrected chi connectivity index (χ1v) is 9.73. The van der Waals surface area contributed by atoms with Crippen molar-refractivity contribution in [2.45, 2.75) is 25.9 Å². The quantitative estimate of drug-likeness (QED) is 0.478. The van der Waals surface area contributed by atoms with Crippen LogP contribution in [-0.2, 0) is 9.53 Å². The van der Waals surface area contributed by atoms with Gasteiger partial charge in [0.1, 0.15) is 18.5 Å². The largest absolute Gasteiger partial charge is 0.492 e. The van der Waals surface area contributed by atoms with Crippen LogP contribution in [-0.4, -0.2) is 80.8 Å². The van der Waals surface area contributed by atoms with Gasteiger partial charge in [0.15, 0.2) is 5.96 Å². The zero-order valence-electron chi connectivity index (χ0n) is 16.3. The molecule has 1 N–H and O–H groups in total. The highest BCUT2D eigenvalue weighted by molar-refractivity contribution is 5.82. The van der Waals surface area contributed by atoms with Crippen molar-refractivity contribution in [3.63, 3.8) is 0 Å². The summed E-state index contributed by atoms with van der Waals surface area (Å²) >= 11 is 0. The topological polar surface area (TPSA) is 66.4 Å². The molecule has 0 aromatic heterocycles. The Bertz CT molecular complexity index is 650. The fraction of sp³-hybridized carbons (Fsp3) is 0.600. The van der Waals surface area contributed by atoms with Gasteiger partial charge < -0.3 is 24.6 Å². The Balaban J connectivity index is 1.39. The average molecular weight is 374 g/mol. The second-order valence-corrected chi connectivity index (χ2v) is 6.95. The zero-order chi connectivity index (χ0) is 19.1. The normalized spacial score (nSPS) is 20.7. The number of aryl methyl sites for hydroxylation is 1. The molecule has 0 saturated carbocycles. The van der Waals surface area contributed by atoms with Crippen molar-refractivity contribution in [3.8, 4) is 5.75 Å². The molecule has 2 fully saturated rings. The first-order chi connectivity index (χ1) is 13.2. The van der Waals surface area contributed by atoms with Crippen molar-refractivity contribution in [2.24, 2.45) is 4.99 Å². The van der Waals surface area contributed by atoms with E-state index < -0.39 is 0 Å². The van der Waals surface area contributed by atoms with E-state index in [2.05, 4.69) is 28.2 Å². The molecule has 1 aromatic rings. The molecule has 0 bridgehead atoms. The lowest BCUT2D eigenvalue weighted by Crippen LogP contribution is -2.55. The van der Waals surface area contributed by atoms with Crippen LogP contribution < -0.4 is 10.1 Å². The summed E-state index contributed by atoms with van der Waals surface area (Å²) in [5.41, 5.74) is 1.19. The second kappa shape index (κ2) is 9.60. The standard InChI is InChI=1S/C20H30N4O3/c1-16-5-3-6-17(15-16)26-14-8-22-20(21-2)24-11-9-23(10-12-24)19(25)18-7-4-13-27-18/h3,5-6,15,18H,4,7-14H2,1-2H3,(H,21,22). The Morgan fingerprint density at radius 2 is 2.07 bits per heavy atom. The van der Waals surface area contributed by atoms with Crippen LogP contribution >= 0.6 is 0 Å². The van der Waals surface area contributed by atoms with Crippen LogP contribution in [0.1, 0.15) is 18.4 Å². The van der Waals surface area contributed by atoms with Gasteiger partial charge in [-0.05, 0) is 37.5 Å². The molecule has 1 amide bonds. The Morgan fingerprint density at radius 3 is 2.74 bits per heavy atom. The molecule has 2 aliphatic heterocycles. The number of hydrogen-bond donors (Lipinski definition) is 1. The first-order valence-electron chi connectivity index (χ1n) is 9.73. The average Bonchev–Trinajstić information content (AvgIpc) is 3.23. The van der Waals surface area contributed by atoms with E-state index in [0.29, 0.717) is 32.8 Å². The van der Waals surface area contributed by atoms with Crippen LogP contribution in [0.5, 0.6) is 5.75 Å². The van der Waals surface area contributed by atoms with E-state index in [9.17, 15) is 4.79 Å². The summed E-state index contributed by atoms with van der Waals surface area (Å²) in [6, 6.07) is 8.04. The van der Waals surface area contributed by atoms with E-state index in [0.717, 1.165) is 37.6 Å². The van der Waals surface area contributed by atoms with E-state index in [1.807, 2.05) is 23.1 Å². The summed E-state index contributed by atoms with van der Waals surface area (Å²) in [7, 11) is 1.79. The third kappa shape index (κ3) is 5.35. The van der Waals surface area contributed by atoms with Gasteiger partial charge in [-0.3, -0.25) is 9.79 Å². The van der Waals surface area contributed by atoms with E-state index in [-0.39, 0.29) is 12.0 Å². The predicted octanol–water partition coefficient (Wildman–Crippen LogP) is 1.27. The highest BCUT2D eigenvalue weighted by Gasteiger charge is 2.30. The number of rotatable bonds is 5. The number of piperazine rings is 1. The maximum atomic E-state index is 12.4. The molecule has 2 heterocycles. The summed E-state index contributed by atoms with van der Waals surface area (Å²) in [4.78, 5) is 20.9. The molecule has 1 aromatic carbocycles. The number of aliphatic imine (C=N–C) groups is 1.